The number of hydrogen-bond acceptors (Lipinski definition) is 2. The first kappa shape index (κ1) is 16.7. The van der Waals surface area contributed by atoms with Crippen molar-refractivity contribution in [3.8, 4) is 0 Å². The molecule has 0 amide bonds. The van der Waals surface area contributed by atoms with Crippen LogP contribution in [-0.2, 0) is 0 Å². The highest BCUT2D eigenvalue weighted by molar-refractivity contribution is 4.70. The Morgan fingerprint density at radius 2 is 1.82 bits per heavy atom. The zero-order chi connectivity index (χ0) is 13.5. The highest BCUT2D eigenvalue weighted by Crippen LogP contribution is 2.19. The van der Waals surface area contributed by atoms with Gasteiger partial charge in [-0.3, -0.25) is 0 Å². The average molecular weight is 254 g/mol. The van der Waals surface area contributed by atoms with Gasteiger partial charge in [-0.15, -0.1) is 0 Å². The van der Waals surface area contributed by atoms with Crippen molar-refractivity contribution >= 4 is 0 Å². The van der Waals surface area contributed by atoms with Gasteiger partial charge in [0.2, 0.25) is 0 Å². The van der Waals surface area contributed by atoms with Gasteiger partial charge >= 0.3 is 6.18 Å². The standard InChI is InChI=1S/C12H25F3N2/c1-5-6-10(2)16-9-11(3)17(4)8-7-12(13,14)15/h10-11,16H,5-9H2,1-4H3. The lowest BCUT2D eigenvalue weighted by Gasteiger charge is -2.26. The Morgan fingerprint density at radius 3 is 2.29 bits per heavy atom. The first-order valence-electron chi connectivity index (χ1n) is 6.26. The summed E-state index contributed by atoms with van der Waals surface area (Å²) in [6.07, 6.45) is -2.58. The molecule has 2 nitrogen and oxygen atoms in total. The molecule has 0 radical (unpaired) electrons. The average Bonchev–Trinajstić information content (AvgIpc) is 2.22. The molecule has 0 saturated carbocycles. The van der Waals surface area contributed by atoms with Gasteiger partial charge < -0.3 is 10.2 Å². The van der Waals surface area contributed by atoms with Gasteiger partial charge in [-0.1, -0.05) is 13.3 Å². The van der Waals surface area contributed by atoms with Crippen LogP contribution in [-0.4, -0.2) is 43.3 Å². The minimum atomic E-state index is -4.06. The molecule has 2 atom stereocenters. The van der Waals surface area contributed by atoms with Crippen molar-refractivity contribution in [2.45, 2.75) is 58.3 Å². The van der Waals surface area contributed by atoms with E-state index in [0.29, 0.717) is 6.04 Å². The third kappa shape index (κ3) is 9.41. The van der Waals surface area contributed by atoms with Gasteiger partial charge in [0, 0.05) is 25.2 Å². The van der Waals surface area contributed by atoms with Gasteiger partial charge in [-0.05, 0) is 27.3 Å². The van der Waals surface area contributed by atoms with Crippen LogP contribution in [0, 0.1) is 0 Å². The number of halogens is 3. The summed E-state index contributed by atoms with van der Waals surface area (Å²) in [7, 11) is 1.74. The molecule has 0 aromatic rings. The zero-order valence-electron chi connectivity index (χ0n) is 11.3. The summed E-state index contributed by atoms with van der Waals surface area (Å²) < 4.78 is 36.2. The molecule has 0 aliphatic carbocycles. The lowest BCUT2D eigenvalue weighted by atomic mass is 10.2. The van der Waals surface area contributed by atoms with E-state index in [4.69, 9.17) is 0 Å². The van der Waals surface area contributed by atoms with Crippen LogP contribution in [0.15, 0.2) is 0 Å². The van der Waals surface area contributed by atoms with Gasteiger partial charge in [-0.25, -0.2) is 0 Å². The summed E-state index contributed by atoms with van der Waals surface area (Å²) in [5.41, 5.74) is 0. The molecule has 0 heterocycles. The van der Waals surface area contributed by atoms with E-state index in [9.17, 15) is 13.2 Å². The quantitative estimate of drug-likeness (QED) is 0.716. The minimum absolute atomic E-state index is 0.0640. The van der Waals surface area contributed by atoms with E-state index in [0.717, 1.165) is 19.4 Å². The Balaban J connectivity index is 3.78. The van der Waals surface area contributed by atoms with Crippen molar-refractivity contribution in [3.63, 3.8) is 0 Å². The molecular weight excluding hydrogens is 229 g/mol. The number of alkyl halides is 3. The predicted octanol–water partition coefficient (Wildman–Crippen LogP) is 3.04. The van der Waals surface area contributed by atoms with E-state index >= 15 is 0 Å². The number of nitrogens with one attached hydrogen (secondary N) is 1. The van der Waals surface area contributed by atoms with Crippen LogP contribution in [0.3, 0.4) is 0 Å². The van der Waals surface area contributed by atoms with E-state index in [1.165, 1.54) is 0 Å². The van der Waals surface area contributed by atoms with Crippen LogP contribution in [0.5, 0.6) is 0 Å². The summed E-state index contributed by atoms with van der Waals surface area (Å²) in [4.78, 5) is 1.75. The van der Waals surface area contributed by atoms with Crippen molar-refractivity contribution in [3.05, 3.63) is 0 Å². The van der Waals surface area contributed by atoms with Crippen LogP contribution in [0.1, 0.15) is 40.0 Å². The lowest BCUT2D eigenvalue weighted by Crippen LogP contribution is -2.42. The van der Waals surface area contributed by atoms with E-state index in [2.05, 4.69) is 19.2 Å². The normalized spacial score (nSPS) is 16.2. The van der Waals surface area contributed by atoms with Gasteiger partial charge in [0.05, 0.1) is 6.42 Å². The van der Waals surface area contributed by atoms with E-state index in [-0.39, 0.29) is 12.6 Å². The number of nitrogens with zero attached hydrogens (tertiary/aromatic N) is 1. The fourth-order valence-electron chi connectivity index (χ4n) is 1.59. The van der Waals surface area contributed by atoms with Crippen LogP contribution in [0.2, 0.25) is 0 Å². The number of hydrogen-bond donors (Lipinski definition) is 1. The van der Waals surface area contributed by atoms with E-state index < -0.39 is 12.6 Å². The Kier molecular flexibility index (Phi) is 7.79. The second-order valence-corrected chi connectivity index (χ2v) is 4.79. The largest absolute Gasteiger partial charge is 0.390 e. The third-order valence-corrected chi connectivity index (χ3v) is 2.98. The summed E-state index contributed by atoms with van der Waals surface area (Å²) in [6, 6.07) is 0.551. The molecule has 1 N–H and O–H groups in total. The van der Waals surface area contributed by atoms with Crippen LogP contribution in [0.25, 0.3) is 0 Å². The van der Waals surface area contributed by atoms with Crippen LogP contribution >= 0.6 is 0 Å². The van der Waals surface area contributed by atoms with Gasteiger partial charge in [0.1, 0.15) is 0 Å². The zero-order valence-corrected chi connectivity index (χ0v) is 11.3. The Hall–Kier alpha value is -0.290. The number of rotatable bonds is 8. The highest BCUT2D eigenvalue weighted by atomic mass is 19.4. The highest BCUT2D eigenvalue weighted by Gasteiger charge is 2.27. The molecule has 0 rings (SSSR count). The SMILES string of the molecule is CCCC(C)NCC(C)N(C)CCC(F)(F)F. The molecule has 5 heteroatoms. The molecule has 0 aromatic carbocycles. The fourth-order valence-corrected chi connectivity index (χ4v) is 1.59. The van der Waals surface area contributed by atoms with Crippen molar-refractivity contribution in [2.24, 2.45) is 0 Å². The molecular formula is C12H25F3N2. The van der Waals surface area contributed by atoms with Crippen molar-refractivity contribution in [1.82, 2.24) is 10.2 Å². The molecule has 0 aliphatic heterocycles. The first-order chi connectivity index (χ1) is 7.76. The maximum Gasteiger partial charge on any atom is 0.390 e. The lowest BCUT2D eigenvalue weighted by molar-refractivity contribution is -0.138. The molecule has 0 aliphatic rings. The van der Waals surface area contributed by atoms with Gasteiger partial charge in [-0.2, -0.15) is 13.2 Å². The fraction of sp³-hybridized carbons (Fsp3) is 1.00. The molecule has 0 saturated heterocycles. The molecule has 0 fully saturated rings. The minimum Gasteiger partial charge on any atom is -0.313 e. The third-order valence-electron chi connectivity index (χ3n) is 2.98. The molecule has 0 spiro atoms. The predicted molar refractivity (Wildman–Crippen MR) is 65.1 cm³/mol. The maximum absolute atomic E-state index is 12.1. The van der Waals surface area contributed by atoms with Gasteiger partial charge in [0.25, 0.3) is 0 Å². The molecule has 17 heavy (non-hydrogen) atoms. The second kappa shape index (κ2) is 7.93. The van der Waals surface area contributed by atoms with Crippen LogP contribution < -0.4 is 5.32 Å². The molecule has 104 valence electrons. The smallest absolute Gasteiger partial charge is 0.313 e. The summed E-state index contributed by atoms with van der Waals surface area (Å²) in [6.45, 7) is 6.97. The van der Waals surface area contributed by atoms with Crippen molar-refractivity contribution in [1.29, 1.82) is 0 Å². The maximum atomic E-state index is 12.1. The Bertz CT molecular complexity index is 195. The topological polar surface area (TPSA) is 15.3 Å². The molecule has 2 unspecified atom stereocenters. The first-order valence-corrected chi connectivity index (χ1v) is 6.26. The molecule has 0 aromatic heterocycles. The van der Waals surface area contributed by atoms with Crippen molar-refractivity contribution < 1.29 is 13.2 Å². The van der Waals surface area contributed by atoms with E-state index in [1.807, 2.05) is 6.92 Å². The summed E-state index contributed by atoms with van der Waals surface area (Å²) in [5, 5.41) is 3.34. The monoisotopic (exact) mass is 254 g/mol. The Labute approximate surface area is 103 Å². The van der Waals surface area contributed by atoms with Gasteiger partial charge in [0.15, 0.2) is 0 Å². The van der Waals surface area contributed by atoms with Crippen LogP contribution in [0.4, 0.5) is 13.2 Å². The van der Waals surface area contributed by atoms with Crippen molar-refractivity contribution in [2.75, 3.05) is 20.1 Å². The Morgan fingerprint density at radius 1 is 1.24 bits per heavy atom. The number of likely N-dealkylation sites (N-methyl/N-ethyl adjacent to an activating group) is 1. The molecule has 0 bridgehead atoms. The summed E-state index contributed by atoms with van der Waals surface area (Å²) >= 11 is 0. The summed E-state index contributed by atoms with van der Waals surface area (Å²) in [5.74, 6) is 0. The van der Waals surface area contributed by atoms with E-state index in [1.54, 1.807) is 11.9 Å². The second-order valence-electron chi connectivity index (χ2n) is 4.79.